The third-order valence-corrected chi connectivity index (χ3v) is 1.71. The van der Waals surface area contributed by atoms with Gasteiger partial charge in [0.05, 0.1) is 12.8 Å². The summed E-state index contributed by atoms with van der Waals surface area (Å²) in [6.45, 7) is 1.47. The third kappa shape index (κ3) is 1.67. The fraction of sp³-hybridized carbons (Fsp3) is 0.333. The smallest absolute Gasteiger partial charge is 0.141 e. The molecule has 0 aliphatic carbocycles. The van der Waals surface area contributed by atoms with Gasteiger partial charge in [0.15, 0.2) is 0 Å². The van der Waals surface area contributed by atoms with E-state index in [-0.39, 0.29) is 0 Å². The van der Waals surface area contributed by atoms with Gasteiger partial charge in [0.25, 0.3) is 0 Å². The molecule has 0 spiro atoms. The van der Waals surface area contributed by atoms with Gasteiger partial charge in [0.2, 0.25) is 0 Å². The first-order chi connectivity index (χ1) is 5.65. The van der Waals surface area contributed by atoms with E-state index >= 15 is 0 Å². The average Bonchev–Trinajstić information content (AvgIpc) is 2.04. The first-order valence-electron chi connectivity index (χ1n) is 3.72. The van der Waals surface area contributed by atoms with Gasteiger partial charge in [-0.25, -0.2) is 4.39 Å². The highest BCUT2D eigenvalue weighted by Gasteiger charge is 2.05. The van der Waals surface area contributed by atoms with Crippen LogP contribution in [-0.2, 0) is 0 Å². The molecule has 1 unspecified atom stereocenters. The molecule has 1 aromatic carbocycles. The minimum atomic E-state index is -0.988. The predicted molar refractivity (Wildman–Crippen MR) is 46.9 cm³/mol. The molecule has 3 heteroatoms. The van der Waals surface area contributed by atoms with Gasteiger partial charge in [-0.15, -0.1) is 0 Å². The molecule has 2 nitrogen and oxygen atoms in total. The fourth-order valence-electron chi connectivity index (χ4n) is 1.00. The summed E-state index contributed by atoms with van der Waals surface area (Å²) in [5.41, 5.74) is 6.63. The van der Waals surface area contributed by atoms with Crippen LogP contribution in [0.15, 0.2) is 18.2 Å². The number of ether oxygens (including phenoxy) is 1. The lowest BCUT2D eigenvalue weighted by Gasteiger charge is -2.07. The van der Waals surface area contributed by atoms with E-state index in [1.807, 2.05) is 0 Å². The van der Waals surface area contributed by atoms with Crippen LogP contribution in [0.4, 0.5) is 10.1 Å². The summed E-state index contributed by atoms with van der Waals surface area (Å²) in [5, 5.41) is 0. The highest BCUT2D eigenvalue weighted by Crippen LogP contribution is 2.26. The molecular weight excluding hydrogens is 157 g/mol. The Morgan fingerprint density at radius 3 is 2.58 bits per heavy atom. The van der Waals surface area contributed by atoms with Crippen molar-refractivity contribution in [1.82, 2.24) is 0 Å². The van der Waals surface area contributed by atoms with Crippen LogP contribution < -0.4 is 10.5 Å². The Morgan fingerprint density at radius 1 is 1.50 bits per heavy atom. The number of benzene rings is 1. The maximum atomic E-state index is 12.8. The number of rotatable bonds is 2. The molecule has 12 heavy (non-hydrogen) atoms. The maximum absolute atomic E-state index is 12.8. The van der Waals surface area contributed by atoms with Gasteiger partial charge in [-0.2, -0.15) is 0 Å². The number of methoxy groups -OCH3 is 1. The minimum Gasteiger partial charge on any atom is -0.495 e. The molecule has 0 amide bonds. The van der Waals surface area contributed by atoms with Gasteiger partial charge >= 0.3 is 0 Å². The third-order valence-electron chi connectivity index (χ3n) is 1.71. The molecule has 0 saturated heterocycles. The molecule has 0 heterocycles. The molecule has 0 saturated carbocycles. The molecule has 1 aromatic rings. The van der Waals surface area contributed by atoms with E-state index in [1.54, 1.807) is 18.2 Å². The molecule has 1 atom stereocenters. The lowest BCUT2D eigenvalue weighted by atomic mass is 10.1. The second kappa shape index (κ2) is 3.43. The first-order valence-corrected chi connectivity index (χ1v) is 3.72. The summed E-state index contributed by atoms with van der Waals surface area (Å²) < 4.78 is 17.7. The van der Waals surface area contributed by atoms with E-state index in [0.717, 1.165) is 0 Å². The normalized spacial score (nSPS) is 12.6. The zero-order chi connectivity index (χ0) is 9.14. The molecule has 0 aliphatic rings. The van der Waals surface area contributed by atoms with Crippen molar-refractivity contribution >= 4 is 5.69 Å². The molecule has 0 aliphatic heterocycles. The number of halogens is 1. The van der Waals surface area contributed by atoms with E-state index in [2.05, 4.69) is 0 Å². The van der Waals surface area contributed by atoms with Crippen molar-refractivity contribution in [2.24, 2.45) is 0 Å². The number of nitrogen functional groups attached to an aromatic ring is 1. The van der Waals surface area contributed by atoms with E-state index in [1.165, 1.54) is 14.0 Å². The molecular formula is C9H12FNO. The number of hydrogen-bond donors (Lipinski definition) is 1. The fourth-order valence-corrected chi connectivity index (χ4v) is 1.00. The standard InChI is InChI=1S/C9H12FNO/c1-6(10)7-3-4-9(12-2)8(11)5-7/h3-6H,11H2,1-2H3. The largest absolute Gasteiger partial charge is 0.495 e. The number of hydrogen-bond acceptors (Lipinski definition) is 2. The summed E-state index contributed by atoms with van der Waals surface area (Å²) in [6, 6.07) is 4.92. The monoisotopic (exact) mass is 169 g/mol. The number of anilines is 1. The topological polar surface area (TPSA) is 35.2 Å². The maximum Gasteiger partial charge on any atom is 0.141 e. The van der Waals surface area contributed by atoms with Crippen LogP contribution in [-0.4, -0.2) is 7.11 Å². The van der Waals surface area contributed by atoms with Crippen molar-refractivity contribution in [3.8, 4) is 5.75 Å². The van der Waals surface area contributed by atoms with Crippen LogP contribution in [0.25, 0.3) is 0 Å². The van der Waals surface area contributed by atoms with Crippen LogP contribution in [0.2, 0.25) is 0 Å². The predicted octanol–water partition coefficient (Wildman–Crippen LogP) is 2.31. The number of alkyl halides is 1. The van der Waals surface area contributed by atoms with Gasteiger partial charge in [0, 0.05) is 0 Å². The Balaban J connectivity index is 3.02. The molecule has 0 fully saturated rings. The Hall–Kier alpha value is -1.25. The zero-order valence-electron chi connectivity index (χ0n) is 7.17. The van der Waals surface area contributed by atoms with Crippen molar-refractivity contribution in [2.75, 3.05) is 12.8 Å². The summed E-state index contributed by atoms with van der Waals surface area (Å²) in [6.07, 6.45) is -0.988. The Labute approximate surface area is 71.1 Å². The van der Waals surface area contributed by atoms with Crippen molar-refractivity contribution in [3.05, 3.63) is 23.8 Å². The second-order valence-corrected chi connectivity index (χ2v) is 2.62. The van der Waals surface area contributed by atoms with Crippen LogP contribution in [0, 0.1) is 0 Å². The molecule has 0 aromatic heterocycles. The Bertz CT molecular complexity index is 273. The van der Waals surface area contributed by atoms with Crippen LogP contribution >= 0.6 is 0 Å². The molecule has 2 N–H and O–H groups in total. The van der Waals surface area contributed by atoms with Crippen molar-refractivity contribution in [2.45, 2.75) is 13.1 Å². The lowest BCUT2D eigenvalue weighted by Crippen LogP contribution is -1.94. The molecule has 0 radical (unpaired) electrons. The minimum absolute atomic E-state index is 0.472. The van der Waals surface area contributed by atoms with Gasteiger partial charge in [-0.3, -0.25) is 0 Å². The first kappa shape index (κ1) is 8.84. The van der Waals surface area contributed by atoms with Gasteiger partial charge in [0.1, 0.15) is 11.9 Å². The molecule has 1 rings (SSSR count). The highest BCUT2D eigenvalue weighted by atomic mass is 19.1. The van der Waals surface area contributed by atoms with Gasteiger partial charge in [-0.05, 0) is 24.6 Å². The molecule has 0 bridgehead atoms. The van der Waals surface area contributed by atoms with E-state index in [9.17, 15) is 4.39 Å². The van der Waals surface area contributed by atoms with Gasteiger partial charge < -0.3 is 10.5 Å². The SMILES string of the molecule is COc1ccc(C(C)F)cc1N. The van der Waals surface area contributed by atoms with Crippen molar-refractivity contribution in [3.63, 3.8) is 0 Å². The summed E-state index contributed by atoms with van der Waals surface area (Å²) in [5.74, 6) is 0.583. The summed E-state index contributed by atoms with van der Waals surface area (Å²) in [4.78, 5) is 0. The van der Waals surface area contributed by atoms with Crippen molar-refractivity contribution < 1.29 is 9.13 Å². The average molecular weight is 169 g/mol. The lowest BCUT2D eigenvalue weighted by molar-refractivity contribution is 0.373. The van der Waals surface area contributed by atoms with E-state index in [4.69, 9.17) is 10.5 Å². The second-order valence-electron chi connectivity index (χ2n) is 2.62. The van der Waals surface area contributed by atoms with E-state index < -0.39 is 6.17 Å². The number of nitrogens with two attached hydrogens (primary N) is 1. The van der Waals surface area contributed by atoms with Crippen LogP contribution in [0.3, 0.4) is 0 Å². The van der Waals surface area contributed by atoms with E-state index in [0.29, 0.717) is 17.0 Å². The summed E-state index contributed by atoms with van der Waals surface area (Å²) >= 11 is 0. The summed E-state index contributed by atoms with van der Waals surface area (Å²) in [7, 11) is 1.53. The Kier molecular flexibility index (Phi) is 2.53. The quantitative estimate of drug-likeness (QED) is 0.689. The zero-order valence-corrected chi connectivity index (χ0v) is 7.17. The van der Waals surface area contributed by atoms with Gasteiger partial charge in [-0.1, -0.05) is 6.07 Å². The van der Waals surface area contributed by atoms with Crippen LogP contribution in [0.5, 0.6) is 5.75 Å². The highest BCUT2D eigenvalue weighted by molar-refractivity contribution is 5.54. The Morgan fingerprint density at radius 2 is 2.17 bits per heavy atom. The molecule has 66 valence electrons. The van der Waals surface area contributed by atoms with Crippen LogP contribution in [0.1, 0.15) is 18.7 Å². The van der Waals surface area contributed by atoms with Crippen molar-refractivity contribution in [1.29, 1.82) is 0 Å².